The number of phenolic OH excluding ortho intramolecular Hbond substituents is 1. The first-order chi connectivity index (χ1) is 41.7. The Bertz CT molecular complexity index is 3020. The van der Waals surface area contributed by atoms with Gasteiger partial charge in [-0.05, 0) is 172 Å². The highest BCUT2D eigenvalue weighted by Gasteiger charge is 2.76. The standard InChI is InChI=1S/C68H93N5O12S2/c1-36-11-12-38-15-18-46-48(47(38)25-36)27-39(50-33-85-63(82)55(50)41-20-23-71-31-41)7-6-8-40-29-68(84)57-52(19-21-66(68,22-24-72-64(69)70)61(40)65(2,83)54(77)28-49(46)62(80)81)67(43-9-4-3-5-10-43)30-53(76)59(78)51-35-87-86-34-42(37-13-16-44(74)17-14-37)26-45(75)32-73-58(57)60(79)56(51)67/h13-17,20,23,31,36,39-40,42-43,46-56,59,61-62,71,73-74,76-78,80-81,83-84H,3-5,8-12,18-19,21-22,24-30,32-35H2,1-2H3,(H4,69,70,72)/t36-,39+,40+,42+,46-,47+,48+,49-,50-,51+,52+,53+,54-,55-,56+,59-,61-,65+,66+,67+,68-/m1/s1. The lowest BCUT2D eigenvalue weighted by Gasteiger charge is -2.66. The molecule has 0 amide bonds. The van der Waals surface area contributed by atoms with Crippen LogP contribution in [-0.2, 0) is 19.1 Å². The fourth-order valence-electron chi connectivity index (χ4n) is 20.7. The molecule has 0 radical (unpaired) electrons. The van der Waals surface area contributed by atoms with Gasteiger partial charge in [-0.25, -0.2) is 0 Å². The topological polar surface area (TPSA) is 315 Å². The molecule has 2 aromatic rings. The minimum absolute atomic E-state index is 0.00427. The van der Waals surface area contributed by atoms with Crippen molar-refractivity contribution in [3.63, 3.8) is 0 Å². The Labute approximate surface area is 519 Å². The molecule has 2 aliphatic heterocycles. The van der Waals surface area contributed by atoms with Crippen molar-refractivity contribution in [2.75, 3.05) is 31.2 Å². The van der Waals surface area contributed by atoms with Crippen LogP contribution in [0.15, 0.2) is 70.6 Å². The van der Waals surface area contributed by atoms with Crippen molar-refractivity contribution in [2.24, 2.45) is 104 Å². The Morgan fingerprint density at radius 3 is 2.41 bits per heavy atom. The van der Waals surface area contributed by atoms with Crippen LogP contribution >= 0.6 is 21.6 Å². The first kappa shape index (κ1) is 62.8. The molecule has 12 rings (SSSR count). The second kappa shape index (κ2) is 25.0. The van der Waals surface area contributed by atoms with Crippen LogP contribution in [0.25, 0.3) is 0 Å². The summed E-state index contributed by atoms with van der Waals surface area (Å²) in [5, 5.41) is 104. The number of benzene rings is 1. The lowest BCUT2D eigenvalue weighted by molar-refractivity contribution is -0.208. The second-order valence-electron chi connectivity index (χ2n) is 28.7. The van der Waals surface area contributed by atoms with E-state index in [4.69, 9.17) is 16.2 Å². The van der Waals surface area contributed by atoms with E-state index in [1.54, 1.807) is 36.0 Å². The van der Waals surface area contributed by atoms with Gasteiger partial charge in [0.2, 0.25) is 0 Å². The number of cyclic esters (lactones) is 1. The summed E-state index contributed by atoms with van der Waals surface area (Å²) in [5.41, 5.74) is 9.45. The number of Topliss-reactive ketones (excluding diaryl/α,β-unsaturated/α-hetero) is 2. The monoisotopic (exact) mass is 1240 g/mol. The summed E-state index contributed by atoms with van der Waals surface area (Å²) in [6.45, 7) is 3.76. The molecule has 2 saturated heterocycles. The van der Waals surface area contributed by atoms with Crippen molar-refractivity contribution in [2.45, 2.75) is 177 Å². The van der Waals surface area contributed by atoms with Gasteiger partial charge in [-0.15, -0.1) is 5.92 Å². The third-order valence-corrected chi connectivity index (χ3v) is 26.9. The number of carbonyl (C=O) groups excluding carboxylic acids is 3. The molecule has 0 unspecified atom stereocenters. The zero-order chi connectivity index (χ0) is 61.3. The lowest BCUT2D eigenvalue weighted by atomic mass is 9.39. The number of nitrogens with one attached hydrogen (secondary N) is 2. The van der Waals surface area contributed by atoms with Crippen LogP contribution in [0.5, 0.6) is 5.75 Å². The molecule has 10 aliphatic rings. The molecule has 87 heavy (non-hydrogen) atoms. The van der Waals surface area contributed by atoms with Gasteiger partial charge in [0.05, 0.1) is 54.3 Å². The van der Waals surface area contributed by atoms with Gasteiger partial charge in [-0.2, -0.15) is 0 Å². The molecule has 8 aliphatic carbocycles. The highest BCUT2D eigenvalue weighted by atomic mass is 33.1. The number of aromatic amines is 1. The summed E-state index contributed by atoms with van der Waals surface area (Å²) in [6, 6.07) is 8.74. The number of fused-ring (bicyclic) bond motifs is 10. The third kappa shape index (κ3) is 11.1. The summed E-state index contributed by atoms with van der Waals surface area (Å²) < 4.78 is 5.96. The van der Waals surface area contributed by atoms with Crippen molar-refractivity contribution in [1.29, 1.82) is 0 Å². The number of ether oxygens (including phenoxy) is 1. The number of phenols is 1. The number of aliphatic hydroxyl groups excluding tert-OH is 4. The Hall–Kier alpha value is -4.36. The van der Waals surface area contributed by atoms with E-state index < -0.39 is 94.0 Å². The average Bonchev–Trinajstić information content (AvgIpc) is 1.65. The molecular weight excluding hydrogens is 1140 g/mol. The van der Waals surface area contributed by atoms with Gasteiger partial charge in [0, 0.05) is 90.1 Å². The molecule has 21 atom stereocenters. The van der Waals surface area contributed by atoms with Crippen molar-refractivity contribution >= 4 is 45.1 Å². The SMILES string of the molecule is C[C@@H]1CCC2=CC[C@@H]3[C@H](C[C@@H]([C@H]4COC(=O)[C@@H]4c4cc[nH]c4)C#CC[C@H]4C[C@@]5(O)C6=C7NCC(=O)C[C@H](c8ccc(O)cc8)CSSC[C@@H]8[C@@H](O)[C@@H](O)C[C@@](C9CCCCC9)([C@@H]8C7=O)[C@H]6CC[C@]5(CCN=C(N)N)[C@H]4[C@@](C)(O)[C@H](O)C[C@H]3C(O)O)[C@H]2C1. The maximum absolute atomic E-state index is 16.7. The number of guanidine groups is 1. The van der Waals surface area contributed by atoms with E-state index in [-0.39, 0.29) is 135 Å². The van der Waals surface area contributed by atoms with E-state index >= 15 is 9.90 Å². The lowest BCUT2D eigenvalue weighted by Crippen LogP contribution is -2.69. The van der Waals surface area contributed by atoms with Gasteiger partial charge in [0.1, 0.15) is 5.75 Å². The third-order valence-electron chi connectivity index (χ3n) is 24.4. The summed E-state index contributed by atoms with van der Waals surface area (Å²) >= 11 is 0. The fraction of sp³-hybridized carbons (Fsp3) is 0.706. The van der Waals surface area contributed by atoms with E-state index in [0.717, 1.165) is 62.5 Å². The van der Waals surface area contributed by atoms with E-state index in [1.165, 1.54) is 16.4 Å². The zero-order valence-corrected chi connectivity index (χ0v) is 52.1. The molecule has 17 nitrogen and oxygen atoms in total. The van der Waals surface area contributed by atoms with Crippen LogP contribution in [0.3, 0.4) is 0 Å². The zero-order valence-electron chi connectivity index (χ0n) is 50.5. The molecule has 7 fully saturated rings. The van der Waals surface area contributed by atoms with Gasteiger partial charge in [-0.3, -0.25) is 19.4 Å². The molecule has 2 bridgehead atoms. The molecule has 474 valence electrons. The number of nitrogens with zero attached hydrogens (tertiary/aromatic N) is 1. The van der Waals surface area contributed by atoms with Crippen LogP contribution in [0.1, 0.15) is 152 Å². The smallest absolute Gasteiger partial charge is 0.313 e. The normalized spacial score (nSPS) is 42.8. The molecule has 3 heterocycles. The number of ketones is 2. The summed E-state index contributed by atoms with van der Waals surface area (Å²) in [6.07, 6.45) is 9.24. The van der Waals surface area contributed by atoms with Crippen LogP contribution in [-0.4, -0.2) is 136 Å². The maximum atomic E-state index is 16.7. The Balaban J connectivity index is 1.04. The Kier molecular flexibility index (Phi) is 18.1. The Morgan fingerprint density at radius 1 is 0.908 bits per heavy atom. The predicted molar refractivity (Wildman–Crippen MR) is 333 cm³/mol. The number of hydrogen-bond acceptors (Lipinski definition) is 16. The molecule has 14 N–H and O–H groups in total. The molecule has 0 spiro atoms. The first-order valence-corrected chi connectivity index (χ1v) is 35.1. The Morgan fingerprint density at radius 2 is 1.68 bits per heavy atom. The first-order valence-electron chi connectivity index (χ1n) is 32.6. The quantitative estimate of drug-likeness (QED) is 0.0248. The summed E-state index contributed by atoms with van der Waals surface area (Å²) in [7, 11) is 3.10. The molecular formula is C68H93N5O12S2. The van der Waals surface area contributed by atoms with E-state index in [1.807, 2.05) is 24.4 Å². The molecule has 19 heteroatoms. The van der Waals surface area contributed by atoms with Crippen molar-refractivity contribution in [1.82, 2.24) is 10.3 Å². The van der Waals surface area contributed by atoms with Gasteiger partial charge in [-0.1, -0.05) is 77.5 Å². The maximum Gasteiger partial charge on any atom is 0.313 e. The molecule has 5 saturated carbocycles. The number of aromatic hydroxyl groups is 1. The predicted octanol–water partition coefficient (Wildman–Crippen LogP) is 6.73. The van der Waals surface area contributed by atoms with Gasteiger partial charge in [0.15, 0.2) is 23.8 Å². The van der Waals surface area contributed by atoms with Crippen molar-refractivity contribution in [3.8, 4) is 17.6 Å². The number of esters is 1. The number of hydrogen-bond donors (Lipinski definition) is 12. The number of allylic oxidation sites excluding steroid dienone is 3. The van der Waals surface area contributed by atoms with Crippen molar-refractivity contribution < 1.29 is 60.0 Å². The van der Waals surface area contributed by atoms with E-state index in [9.17, 15) is 45.3 Å². The van der Waals surface area contributed by atoms with Gasteiger partial charge < -0.3 is 67.4 Å². The number of aromatic nitrogens is 1. The second-order valence-corrected chi connectivity index (χ2v) is 31.3. The highest BCUT2D eigenvalue weighted by molar-refractivity contribution is 8.76. The van der Waals surface area contributed by atoms with Crippen LogP contribution in [0.4, 0.5) is 0 Å². The van der Waals surface area contributed by atoms with Crippen LogP contribution in [0.2, 0.25) is 0 Å². The van der Waals surface area contributed by atoms with E-state index in [2.05, 4.69) is 40.1 Å². The minimum atomic E-state index is -2.06. The molecule has 1 aromatic carbocycles. The van der Waals surface area contributed by atoms with Crippen molar-refractivity contribution in [3.05, 3.63) is 76.8 Å². The van der Waals surface area contributed by atoms with E-state index in [0.29, 0.717) is 42.3 Å². The number of nitrogens with two attached hydrogens (primary N) is 2. The van der Waals surface area contributed by atoms with Gasteiger partial charge >= 0.3 is 5.97 Å². The molecule has 1 aromatic heterocycles. The number of rotatable bonds is 8. The van der Waals surface area contributed by atoms with Crippen LogP contribution < -0.4 is 16.8 Å². The number of aliphatic imine (C=N–C) groups is 1. The minimum Gasteiger partial charge on any atom is -0.508 e. The number of carbonyl (C=O) groups is 3. The van der Waals surface area contributed by atoms with Gasteiger partial charge in [0.25, 0.3) is 0 Å². The summed E-state index contributed by atoms with van der Waals surface area (Å²) in [4.78, 5) is 53.0. The van der Waals surface area contributed by atoms with Crippen LogP contribution in [0, 0.1) is 99.6 Å². The fourth-order valence-corrected chi connectivity index (χ4v) is 23.4. The largest absolute Gasteiger partial charge is 0.508 e. The highest BCUT2D eigenvalue weighted by Crippen LogP contribution is 2.75. The number of H-pyrrole nitrogens is 1. The number of aliphatic hydroxyl groups is 7. The summed E-state index contributed by atoms with van der Waals surface area (Å²) in [5.74, 6) is 1.09. The average molecular weight is 1240 g/mol.